The van der Waals surface area contributed by atoms with Crippen molar-refractivity contribution in [2.45, 2.75) is 19.2 Å². The number of rotatable bonds is 8. The van der Waals surface area contributed by atoms with Gasteiger partial charge in [0.1, 0.15) is 18.4 Å². The van der Waals surface area contributed by atoms with Gasteiger partial charge in [-0.05, 0) is 23.3 Å². The van der Waals surface area contributed by atoms with Crippen LogP contribution in [0.3, 0.4) is 0 Å². The summed E-state index contributed by atoms with van der Waals surface area (Å²) in [5, 5.41) is 11.6. The van der Waals surface area contributed by atoms with E-state index in [9.17, 15) is 4.79 Å². The van der Waals surface area contributed by atoms with Crippen molar-refractivity contribution in [1.82, 2.24) is 10.8 Å². The molecule has 1 atom stereocenters. The lowest BCUT2D eigenvalue weighted by molar-refractivity contribution is -0.131. The zero-order valence-corrected chi connectivity index (χ0v) is 12.7. The molecule has 0 saturated heterocycles. The molecule has 2 rings (SSSR count). The van der Waals surface area contributed by atoms with Gasteiger partial charge in [0.25, 0.3) is 5.91 Å². The molecule has 0 aliphatic carbocycles. The predicted octanol–water partition coefficient (Wildman–Crippen LogP) is 1.19. The van der Waals surface area contributed by atoms with E-state index >= 15 is 0 Å². The number of nitrogens with two attached hydrogens (primary N) is 1. The van der Waals surface area contributed by atoms with Gasteiger partial charge in [-0.25, -0.2) is 5.48 Å². The van der Waals surface area contributed by atoms with Crippen LogP contribution in [0, 0.1) is 0 Å². The molecule has 122 valence electrons. The van der Waals surface area contributed by atoms with Crippen LogP contribution in [0.25, 0.3) is 0 Å². The number of benzene rings is 2. The zero-order chi connectivity index (χ0) is 16.5. The molecule has 0 aliphatic heterocycles. The Balaban J connectivity index is 1.83. The third kappa shape index (κ3) is 5.37. The largest absolute Gasteiger partial charge is 0.489 e. The van der Waals surface area contributed by atoms with Crippen molar-refractivity contribution in [3.63, 3.8) is 0 Å². The van der Waals surface area contributed by atoms with Crippen molar-refractivity contribution in [2.75, 3.05) is 6.54 Å². The Kier molecular flexibility index (Phi) is 6.56. The summed E-state index contributed by atoms with van der Waals surface area (Å²) < 4.78 is 5.71. The molecule has 0 bridgehead atoms. The van der Waals surface area contributed by atoms with E-state index in [2.05, 4.69) is 5.32 Å². The van der Waals surface area contributed by atoms with Gasteiger partial charge in [-0.3, -0.25) is 10.0 Å². The Labute approximate surface area is 135 Å². The number of carbonyl (C=O) groups excluding carboxylic acids is 1. The van der Waals surface area contributed by atoms with Crippen LogP contribution in [-0.4, -0.2) is 23.7 Å². The van der Waals surface area contributed by atoms with Crippen molar-refractivity contribution in [3.8, 4) is 5.75 Å². The summed E-state index contributed by atoms with van der Waals surface area (Å²) in [6.07, 6.45) is 0. The first-order valence-electron chi connectivity index (χ1n) is 7.36. The van der Waals surface area contributed by atoms with E-state index in [0.29, 0.717) is 13.2 Å². The lowest BCUT2D eigenvalue weighted by Crippen LogP contribution is -2.47. The molecule has 1 amide bonds. The topological polar surface area (TPSA) is 96.6 Å². The number of carbonyl (C=O) groups is 1. The summed E-state index contributed by atoms with van der Waals surface area (Å²) in [5.74, 6) is 0.233. The lowest BCUT2D eigenvalue weighted by Gasteiger charge is -2.14. The van der Waals surface area contributed by atoms with Crippen molar-refractivity contribution in [1.29, 1.82) is 0 Å². The summed E-state index contributed by atoms with van der Waals surface area (Å²) >= 11 is 0. The Hall–Kier alpha value is -2.41. The summed E-state index contributed by atoms with van der Waals surface area (Å²) in [4.78, 5) is 11.3. The zero-order valence-electron chi connectivity index (χ0n) is 12.7. The molecule has 2 aromatic rings. The van der Waals surface area contributed by atoms with Gasteiger partial charge in [-0.2, -0.15) is 0 Å². The van der Waals surface area contributed by atoms with Crippen molar-refractivity contribution in [3.05, 3.63) is 65.7 Å². The fourth-order valence-electron chi connectivity index (χ4n) is 2.05. The second-order valence-electron chi connectivity index (χ2n) is 5.06. The summed E-state index contributed by atoms with van der Waals surface area (Å²) in [6.45, 7) is 1.09. The molecule has 5 N–H and O–H groups in total. The normalized spacial score (nSPS) is 11.7. The first-order valence-corrected chi connectivity index (χ1v) is 7.36. The molecule has 0 radical (unpaired) electrons. The highest BCUT2D eigenvalue weighted by atomic mass is 16.5. The molecule has 0 spiro atoms. The van der Waals surface area contributed by atoms with Gasteiger partial charge in [0.15, 0.2) is 0 Å². The molecule has 0 saturated carbocycles. The van der Waals surface area contributed by atoms with E-state index in [-0.39, 0.29) is 6.54 Å². The molecule has 6 nitrogen and oxygen atoms in total. The Morgan fingerprint density at radius 1 is 1.09 bits per heavy atom. The summed E-state index contributed by atoms with van der Waals surface area (Å²) in [7, 11) is 0. The van der Waals surface area contributed by atoms with Crippen LogP contribution in [0.4, 0.5) is 0 Å². The van der Waals surface area contributed by atoms with Crippen LogP contribution in [0.15, 0.2) is 54.6 Å². The van der Waals surface area contributed by atoms with E-state index in [1.807, 2.05) is 54.6 Å². The van der Waals surface area contributed by atoms with Gasteiger partial charge in [0.2, 0.25) is 0 Å². The molecular weight excluding hydrogens is 294 g/mol. The number of hydroxylamine groups is 1. The molecule has 0 aromatic heterocycles. The predicted molar refractivity (Wildman–Crippen MR) is 86.8 cm³/mol. The monoisotopic (exact) mass is 315 g/mol. The van der Waals surface area contributed by atoms with E-state index in [4.69, 9.17) is 15.7 Å². The van der Waals surface area contributed by atoms with Gasteiger partial charge in [-0.15, -0.1) is 0 Å². The van der Waals surface area contributed by atoms with Crippen LogP contribution in [0.1, 0.15) is 11.1 Å². The molecule has 0 fully saturated rings. The van der Waals surface area contributed by atoms with E-state index < -0.39 is 11.9 Å². The number of hydrogen-bond acceptors (Lipinski definition) is 5. The minimum atomic E-state index is -0.631. The molecular formula is C17H21N3O3. The average Bonchev–Trinajstić information content (AvgIpc) is 2.62. The van der Waals surface area contributed by atoms with Crippen LogP contribution >= 0.6 is 0 Å². The highest BCUT2D eigenvalue weighted by Gasteiger charge is 2.14. The Morgan fingerprint density at radius 3 is 2.39 bits per heavy atom. The maximum absolute atomic E-state index is 11.3. The quantitative estimate of drug-likeness (QED) is 0.433. The van der Waals surface area contributed by atoms with Crippen molar-refractivity contribution < 1.29 is 14.7 Å². The first-order chi connectivity index (χ1) is 11.2. The minimum Gasteiger partial charge on any atom is -0.489 e. The first kappa shape index (κ1) is 17.0. The van der Waals surface area contributed by atoms with Crippen LogP contribution in [-0.2, 0) is 17.9 Å². The third-order valence-electron chi connectivity index (χ3n) is 3.39. The SMILES string of the molecule is NC[C@H](NCc1ccc(OCc2ccccc2)cc1)C(=O)NO. The van der Waals surface area contributed by atoms with Gasteiger partial charge in [-0.1, -0.05) is 42.5 Å². The second kappa shape index (κ2) is 8.89. The summed E-state index contributed by atoms with van der Waals surface area (Å²) in [6, 6.07) is 16.9. The number of nitrogens with one attached hydrogen (secondary N) is 2. The summed E-state index contributed by atoms with van der Waals surface area (Å²) in [5.41, 5.74) is 9.17. The van der Waals surface area contributed by atoms with Crippen LogP contribution in [0.5, 0.6) is 5.75 Å². The highest BCUT2D eigenvalue weighted by molar-refractivity contribution is 5.80. The number of ether oxygens (including phenoxy) is 1. The maximum atomic E-state index is 11.3. The molecule has 6 heteroatoms. The fraction of sp³-hybridized carbons (Fsp3) is 0.235. The smallest absolute Gasteiger partial charge is 0.261 e. The van der Waals surface area contributed by atoms with Gasteiger partial charge < -0.3 is 15.8 Å². The third-order valence-corrected chi connectivity index (χ3v) is 3.39. The fourth-order valence-corrected chi connectivity index (χ4v) is 2.05. The van der Waals surface area contributed by atoms with Gasteiger partial charge >= 0.3 is 0 Å². The molecule has 0 unspecified atom stereocenters. The van der Waals surface area contributed by atoms with E-state index in [1.165, 1.54) is 0 Å². The number of hydrogen-bond donors (Lipinski definition) is 4. The van der Waals surface area contributed by atoms with Gasteiger partial charge in [0, 0.05) is 13.1 Å². The standard InChI is InChI=1S/C17H21N3O3/c18-10-16(17(21)20-22)19-11-13-6-8-15(9-7-13)23-12-14-4-2-1-3-5-14/h1-9,16,19,22H,10-12,18H2,(H,20,21)/t16-/m0/s1. The molecule has 2 aromatic carbocycles. The van der Waals surface area contributed by atoms with E-state index in [1.54, 1.807) is 5.48 Å². The lowest BCUT2D eigenvalue weighted by atomic mass is 10.2. The Morgan fingerprint density at radius 2 is 1.78 bits per heavy atom. The average molecular weight is 315 g/mol. The highest BCUT2D eigenvalue weighted by Crippen LogP contribution is 2.14. The number of amides is 1. The molecule has 0 heterocycles. The molecule has 23 heavy (non-hydrogen) atoms. The van der Waals surface area contributed by atoms with Crippen molar-refractivity contribution in [2.24, 2.45) is 5.73 Å². The van der Waals surface area contributed by atoms with Crippen molar-refractivity contribution >= 4 is 5.91 Å². The van der Waals surface area contributed by atoms with E-state index in [0.717, 1.165) is 16.9 Å². The van der Waals surface area contributed by atoms with Crippen LogP contribution in [0.2, 0.25) is 0 Å². The van der Waals surface area contributed by atoms with Gasteiger partial charge in [0.05, 0.1) is 0 Å². The maximum Gasteiger partial charge on any atom is 0.261 e. The minimum absolute atomic E-state index is 0.102. The van der Waals surface area contributed by atoms with Crippen LogP contribution < -0.4 is 21.3 Å². The Bertz CT molecular complexity index is 602. The second-order valence-corrected chi connectivity index (χ2v) is 5.06. The molecule has 0 aliphatic rings.